The monoisotopic (exact) mass is 228 g/mol. The fourth-order valence-corrected chi connectivity index (χ4v) is 2.28. The van der Waals surface area contributed by atoms with E-state index in [4.69, 9.17) is 10.5 Å². The number of hydrogen-bond acceptors (Lipinski definition) is 3. The predicted molar refractivity (Wildman–Crippen MR) is 64.0 cm³/mol. The molecular formula is C12H24N2O2. The summed E-state index contributed by atoms with van der Waals surface area (Å²) in [6.07, 6.45) is 0.716. The molecule has 94 valence electrons. The van der Waals surface area contributed by atoms with Gasteiger partial charge in [-0.05, 0) is 13.8 Å². The molecule has 0 aromatic heterocycles. The zero-order valence-electron chi connectivity index (χ0n) is 11.0. The summed E-state index contributed by atoms with van der Waals surface area (Å²) in [5, 5.41) is 0. The van der Waals surface area contributed by atoms with Gasteiger partial charge in [0, 0.05) is 32.0 Å². The molecule has 1 aliphatic carbocycles. The molecular weight excluding hydrogens is 204 g/mol. The molecule has 0 aliphatic heterocycles. The Morgan fingerprint density at radius 3 is 2.44 bits per heavy atom. The largest absolute Gasteiger partial charge is 0.378 e. The van der Waals surface area contributed by atoms with E-state index in [1.165, 1.54) is 0 Å². The van der Waals surface area contributed by atoms with Gasteiger partial charge in [-0.25, -0.2) is 0 Å². The quantitative estimate of drug-likeness (QED) is 0.781. The smallest absolute Gasteiger partial charge is 0.243 e. The second kappa shape index (κ2) is 4.34. The van der Waals surface area contributed by atoms with Crippen molar-refractivity contribution in [1.29, 1.82) is 0 Å². The van der Waals surface area contributed by atoms with Gasteiger partial charge in [0.05, 0.1) is 6.10 Å². The molecule has 0 heterocycles. The summed E-state index contributed by atoms with van der Waals surface area (Å²) in [5.41, 5.74) is 5.20. The van der Waals surface area contributed by atoms with Crippen molar-refractivity contribution in [1.82, 2.24) is 4.90 Å². The van der Waals surface area contributed by atoms with Crippen molar-refractivity contribution in [2.24, 2.45) is 11.1 Å². The van der Waals surface area contributed by atoms with Crippen LogP contribution in [0.1, 0.15) is 34.1 Å². The third kappa shape index (κ3) is 1.74. The van der Waals surface area contributed by atoms with Crippen LogP contribution in [-0.2, 0) is 9.53 Å². The summed E-state index contributed by atoms with van der Waals surface area (Å²) in [5.74, 6) is 0.0240. The molecule has 2 unspecified atom stereocenters. The van der Waals surface area contributed by atoms with Gasteiger partial charge in [0.25, 0.3) is 0 Å². The van der Waals surface area contributed by atoms with Gasteiger partial charge in [-0.3, -0.25) is 4.79 Å². The average Bonchev–Trinajstić information content (AvgIpc) is 2.26. The van der Waals surface area contributed by atoms with Gasteiger partial charge in [0.1, 0.15) is 5.54 Å². The Morgan fingerprint density at radius 1 is 1.50 bits per heavy atom. The lowest BCUT2D eigenvalue weighted by Gasteiger charge is -2.58. The third-order valence-corrected chi connectivity index (χ3v) is 4.03. The highest BCUT2D eigenvalue weighted by Gasteiger charge is 2.63. The van der Waals surface area contributed by atoms with Gasteiger partial charge in [0.15, 0.2) is 0 Å². The minimum Gasteiger partial charge on any atom is -0.378 e. The molecule has 0 aromatic carbocycles. The number of rotatable bonds is 4. The molecule has 2 atom stereocenters. The summed E-state index contributed by atoms with van der Waals surface area (Å²) in [6.45, 7) is 9.30. The Labute approximate surface area is 98.1 Å². The van der Waals surface area contributed by atoms with Crippen molar-refractivity contribution in [3.63, 3.8) is 0 Å². The molecule has 1 fully saturated rings. The molecule has 1 saturated carbocycles. The van der Waals surface area contributed by atoms with Crippen molar-refractivity contribution in [2.75, 3.05) is 20.2 Å². The highest BCUT2D eigenvalue weighted by atomic mass is 16.5. The average molecular weight is 228 g/mol. The molecule has 0 saturated heterocycles. The van der Waals surface area contributed by atoms with Crippen LogP contribution >= 0.6 is 0 Å². The van der Waals surface area contributed by atoms with E-state index in [1.54, 1.807) is 11.9 Å². The zero-order chi connectivity index (χ0) is 12.6. The number of hydrogen-bond donors (Lipinski definition) is 1. The van der Waals surface area contributed by atoms with Crippen molar-refractivity contribution in [3.05, 3.63) is 0 Å². The highest BCUT2D eigenvalue weighted by molar-refractivity contribution is 5.88. The first-order valence-electron chi connectivity index (χ1n) is 5.97. The van der Waals surface area contributed by atoms with Crippen molar-refractivity contribution < 1.29 is 9.53 Å². The molecule has 1 amide bonds. The van der Waals surface area contributed by atoms with E-state index in [2.05, 4.69) is 0 Å². The fourth-order valence-electron chi connectivity index (χ4n) is 2.28. The van der Waals surface area contributed by atoms with Gasteiger partial charge >= 0.3 is 0 Å². The second-order valence-electron chi connectivity index (χ2n) is 5.16. The van der Waals surface area contributed by atoms with Crippen LogP contribution in [0.3, 0.4) is 0 Å². The molecule has 0 aromatic rings. The van der Waals surface area contributed by atoms with Gasteiger partial charge in [-0.1, -0.05) is 13.8 Å². The maximum absolute atomic E-state index is 12.2. The Bertz CT molecular complexity index is 278. The van der Waals surface area contributed by atoms with E-state index in [-0.39, 0.29) is 17.4 Å². The Morgan fingerprint density at radius 2 is 2.06 bits per heavy atom. The van der Waals surface area contributed by atoms with E-state index in [1.807, 2.05) is 27.7 Å². The summed E-state index contributed by atoms with van der Waals surface area (Å²) in [7, 11) is 1.79. The summed E-state index contributed by atoms with van der Waals surface area (Å²) >= 11 is 0. The lowest BCUT2D eigenvalue weighted by Crippen LogP contribution is -2.75. The molecule has 0 bridgehead atoms. The van der Waals surface area contributed by atoms with Gasteiger partial charge in [-0.2, -0.15) is 0 Å². The minimum absolute atomic E-state index is 0.0240. The standard InChI is InChI=1S/C12H24N2O2/c1-6-14(5)10(15)12(13)8-9(16-7-2)11(12,3)4/h9H,6-8,13H2,1-5H3. The summed E-state index contributed by atoms with van der Waals surface area (Å²) in [4.78, 5) is 13.9. The molecule has 0 spiro atoms. The maximum Gasteiger partial charge on any atom is 0.243 e. The Balaban J connectivity index is 2.79. The third-order valence-electron chi connectivity index (χ3n) is 4.03. The molecule has 4 nitrogen and oxygen atoms in total. The van der Waals surface area contributed by atoms with Crippen LogP contribution in [0.4, 0.5) is 0 Å². The highest BCUT2D eigenvalue weighted by Crippen LogP contribution is 2.50. The fraction of sp³-hybridized carbons (Fsp3) is 0.917. The van der Waals surface area contributed by atoms with Gasteiger partial charge in [-0.15, -0.1) is 0 Å². The van der Waals surface area contributed by atoms with Crippen molar-refractivity contribution in [2.45, 2.75) is 45.8 Å². The van der Waals surface area contributed by atoms with Crippen LogP contribution in [0.25, 0.3) is 0 Å². The first kappa shape index (κ1) is 13.5. The van der Waals surface area contributed by atoms with Crippen LogP contribution < -0.4 is 5.73 Å². The molecule has 0 radical (unpaired) electrons. The van der Waals surface area contributed by atoms with Crippen LogP contribution in [0, 0.1) is 5.41 Å². The zero-order valence-corrected chi connectivity index (χ0v) is 11.0. The van der Waals surface area contributed by atoms with Gasteiger partial charge < -0.3 is 15.4 Å². The summed E-state index contributed by atoms with van der Waals surface area (Å²) in [6, 6.07) is 0. The van der Waals surface area contributed by atoms with Crippen LogP contribution in [0.5, 0.6) is 0 Å². The van der Waals surface area contributed by atoms with Crippen molar-refractivity contribution >= 4 is 5.91 Å². The number of carbonyl (C=O) groups excluding carboxylic acids is 1. The molecule has 1 rings (SSSR count). The maximum atomic E-state index is 12.2. The Hall–Kier alpha value is -0.610. The second-order valence-corrected chi connectivity index (χ2v) is 5.16. The topological polar surface area (TPSA) is 55.6 Å². The van der Waals surface area contributed by atoms with Crippen molar-refractivity contribution in [3.8, 4) is 0 Å². The lowest BCUT2D eigenvalue weighted by atomic mass is 9.54. The first-order valence-corrected chi connectivity index (χ1v) is 5.97. The van der Waals surface area contributed by atoms with Gasteiger partial charge in [0.2, 0.25) is 5.91 Å². The van der Waals surface area contributed by atoms with E-state index >= 15 is 0 Å². The van der Waals surface area contributed by atoms with E-state index < -0.39 is 5.54 Å². The van der Waals surface area contributed by atoms with E-state index in [0.29, 0.717) is 19.6 Å². The molecule has 16 heavy (non-hydrogen) atoms. The van der Waals surface area contributed by atoms with Crippen LogP contribution in [0.15, 0.2) is 0 Å². The van der Waals surface area contributed by atoms with Crippen LogP contribution in [-0.4, -0.2) is 42.6 Å². The number of nitrogens with two attached hydrogens (primary N) is 1. The SMILES string of the molecule is CCOC1CC(N)(C(=O)N(C)CC)C1(C)C. The normalized spacial score (nSPS) is 32.0. The number of carbonyl (C=O) groups is 1. The number of ether oxygens (including phenoxy) is 1. The predicted octanol–water partition coefficient (Wildman–Crippen LogP) is 0.997. The summed E-state index contributed by atoms with van der Waals surface area (Å²) < 4.78 is 5.60. The number of nitrogens with zero attached hydrogens (tertiary/aromatic N) is 1. The lowest BCUT2D eigenvalue weighted by molar-refractivity contribution is -0.178. The van der Waals surface area contributed by atoms with Crippen LogP contribution in [0.2, 0.25) is 0 Å². The molecule has 2 N–H and O–H groups in total. The van der Waals surface area contributed by atoms with E-state index in [0.717, 1.165) is 0 Å². The minimum atomic E-state index is -0.766. The first-order chi connectivity index (χ1) is 7.31. The molecule has 4 heteroatoms. The Kier molecular flexibility index (Phi) is 3.65. The van der Waals surface area contributed by atoms with E-state index in [9.17, 15) is 4.79 Å². The number of likely N-dealkylation sites (N-methyl/N-ethyl adjacent to an activating group) is 1. The number of amides is 1. The molecule has 1 aliphatic rings.